The first-order valence-corrected chi connectivity index (χ1v) is 24.1. The standard InChI is InChI=1S/C38H32ClF10N7O3S.C5H12OS.CH2O2/c1-4-20-6-7-21(22-8-9-25(39)29-31(22)55(16-36(42,43)44)53-34(29)56(60-3)35(58)59-5-2)30(50-20)26(12-17-10-18(40)13-19(41)11-17)51-27(57)15-54-33-28(32(52-54)38(47,48)49)23-14-24(23)37(33,45)46;1-5(2,3)7(4)6;2-1-3/h6-11,13,23-24,26H,4-5,12,14-16H2,1-3H3,(H,51,57);1-4H3;1H,(H,2,3)/t23-,24+,26-;;/m0../s1. The molecule has 13 nitrogen and oxygen atoms in total. The van der Waals surface area contributed by atoms with Crippen LogP contribution < -0.4 is 9.62 Å². The molecular weight excluding hydrogens is 1010 g/mol. The second-order valence-electron chi connectivity index (χ2n) is 16.8. The number of carbonyl (C=O) groups is 3. The number of nitrogens with zero attached hydrogens (tertiary/aromatic N) is 6. The number of hydrogen-bond donors (Lipinski definition) is 2. The first kappa shape index (κ1) is 55.5. The summed E-state index contributed by atoms with van der Waals surface area (Å²) < 4.78 is 162. The predicted octanol–water partition coefficient (Wildman–Crippen LogP) is 10.8. The van der Waals surface area contributed by atoms with Gasteiger partial charge in [0.2, 0.25) is 5.91 Å². The zero-order valence-electron chi connectivity index (χ0n) is 38.2. The third kappa shape index (κ3) is 12.4. The highest BCUT2D eigenvalue weighted by Gasteiger charge is 2.68. The van der Waals surface area contributed by atoms with Gasteiger partial charge in [0.15, 0.2) is 11.5 Å². The Morgan fingerprint density at radius 3 is 2.16 bits per heavy atom. The summed E-state index contributed by atoms with van der Waals surface area (Å²) in [5, 5.41) is 16.8. The van der Waals surface area contributed by atoms with Gasteiger partial charge in [0.1, 0.15) is 30.4 Å². The average molecular weight is 1060 g/mol. The molecule has 0 radical (unpaired) electrons. The number of aromatic nitrogens is 5. The van der Waals surface area contributed by atoms with E-state index in [1.807, 2.05) is 20.8 Å². The topological polar surface area (TPSA) is 162 Å². The number of benzene rings is 2. The maximum atomic E-state index is 15.4. The van der Waals surface area contributed by atoms with Gasteiger partial charge in [0, 0.05) is 62.4 Å². The minimum Gasteiger partial charge on any atom is -0.483 e. The molecule has 26 heteroatoms. The number of carboxylic acid groups (broad SMARTS) is 1. The Balaban J connectivity index is 0.000000829. The van der Waals surface area contributed by atoms with E-state index >= 15 is 8.78 Å². The summed E-state index contributed by atoms with van der Waals surface area (Å²) in [6.45, 7) is 5.95. The molecule has 3 aromatic heterocycles. The van der Waals surface area contributed by atoms with E-state index in [1.165, 1.54) is 37.4 Å². The summed E-state index contributed by atoms with van der Waals surface area (Å²) >= 11 is 7.39. The maximum Gasteiger partial charge on any atom is 0.435 e. The van der Waals surface area contributed by atoms with Crippen molar-refractivity contribution in [2.24, 2.45) is 5.92 Å². The molecular formula is C44H46ClF10N7O6S2. The van der Waals surface area contributed by atoms with Crippen LogP contribution in [0.25, 0.3) is 22.0 Å². The van der Waals surface area contributed by atoms with E-state index in [0.29, 0.717) is 21.1 Å². The Kier molecular flexibility index (Phi) is 17.1. The molecule has 382 valence electrons. The zero-order chi connectivity index (χ0) is 52.4. The van der Waals surface area contributed by atoms with Gasteiger partial charge in [-0.3, -0.25) is 28.1 Å². The minimum atomic E-state index is -5.12. The summed E-state index contributed by atoms with van der Waals surface area (Å²) in [4.78, 5) is 39.9. The second-order valence-corrected chi connectivity index (χ2v) is 20.1. The Morgan fingerprint density at radius 1 is 1.03 bits per heavy atom. The van der Waals surface area contributed by atoms with Crippen molar-refractivity contribution in [3.63, 3.8) is 0 Å². The van der Waals surface area contributed by atoms with Gasteiger partial charge in [0.05, 0.1) is 34.3 Å². The van der Waals surface area contributed by atoms with Crippen molar-refractivity contribution in [3.8, 4) is 11.1 Å². The van der Waals surface area contributed by atoms with Gasteiger partial charge in [-0.15, -0.1) is 0 Å². The van der Waals surface area contributed by atoms with Crippen LogP contribution in [-0.4, -0.2) is 82.4 Å². The quantitative estimate of drug-likeness (QED) is 0.0699. The molecule has 0 aliphatic heterocycles. The number of fused-ring (bicyclic) bond motifs is 4. The fourth-order valence-corrected chi connectivity index (χ4v) is 8.43. The number of rotatable bonds is 12. The van der Waals surface area contributed by atoms with Crippen molar-refractivity contribution in [2.75, 3.05) is 23.4 Å². The highest BCUT2D eigenvalue weighted by atomic mass is 35.5. The normalized spacial score (nSPS) is 16.7. The molecule has 7 rings (SSSR count). The van der Waals surface area contributed by atoms with Crippen molar-refractivity contribution in [1.29, 1.82) is 0 Å². The molecule has 4 atom stereocenters. The third-order valence-corrected chi connectivity index (χ3v) is 13.7. The van der Waals surface area contributed by atoms with Crippen LogP contribution in [0.1, 0.15) is 86.9 Å². The van der Waals surface area contributed by atoms with Gasteiger partial charge in [0.25, 0.3) is 12.4 Å². The summed E-state index contributed by atoms with van der Waals surface area (Å²) in [5.41, 5.74) is -3.29. The molecule has 1 fully saturated rings. The Morgan fingerprint density at radius 2 is 1.63 bits per heavy atom. The van der Waals surface area contributed by atoms with Gasteiger partial charge in [-0.05, 0) is 94.7 Å². The molecule has 2 N–H and O–H groups in total. The van der Waals surface area contributed by atoms with Crippen LogP contribution in [0.2, 0.25) is 5.02 Å². The van der Waals surface area contributed by atoms with Crippen LogP contribution in [0.4, 0.5) is 54.5 Å². The lowest BCUT2D eigenvalue weighted by atomic mass is 9.93. The van der Waals surface area contributed by atoms with E-state index in [9.17, 15) is 48.9 Å². The van der Waals surface area contributed by atoms with E-state index in [2.05, 4.69) is 20.5 Å². The molecule has 70 heavy (non-hydrogen) atoms. The summed E-state index contributed by atoms with van der Waals surface area (Å²) in [7, 11) is -0.683. The van der Waals surface area contributed by atoms with E-state index in [1.54, 1.807) is 13.2 Å². The molecule has 0 spiro atoms. The van der Waals surface area contributed by atoms with Crippen molar-refractivity contribution in [1.82, 2.24) is 29.9 Å². The zero-order valence-corrected chi connectivity index (χ0v) is 40.6. The number of aryl methyl sites for hydroxylation is 1. The molecule has 2 aromatic carbocycles. The summed E-state index contributed by atoms with van der Waals surface area (Å²) in [6, 6.07) is 6.63. The van der Waals surface area contributed by atoms with Gasteiger partial charge < -0.3 is 15.2 Å². The fourth-order valence-electron chi connectivity index (χ4n) is 7.69. The van der Waals surface area contributed by atoms with E-state index < -0.39 is 107 Å². The lowest BCUT2D eigenvalue weighted by Crippen LogP contribution is -2.35. The lowest BCUT2D eigenvalue weighted by Gasteiger charge is -2.24. The van der Waals surface area contributed by atoms with Gasteiger partial charge in [-0.1, -0.05) is 30.7 Å². The number of halogens is 11. The van der Waals surface area contributed by atoms with Crippen LogP contribution in [0.15, 0.2) is 42.5 Å². The molecule has 2 amide bonds. The third-order valence-electron chi connectivity index (χ3n) is 11.0. The Hall–Kier alpha value is -5.43. The molecule has 0 saturated heterocycles. The molecule has 1 saturated carbocycles. The molecule has 0 bridgehead atoms. The van der Waals surface area contributed by atoms with E-state index in [-0.39, 0.29) is 74.8 Å². The second kappa shape index (κ2) is 21.5. The maximum absolute atomic E-state index is 15.4. The van der Waals surface area contributed by atoms with Gasteiger partial charge in [-0.2, -0.15) is 49.6 Å². The number of pyridine rings is 1. The summed E-state index contributed by atoms with van der Waals surface area (Å²) in [5.74, 6) is -9.70. The van der Waals surface area contributed by atoms with Crippen LogP contribution in [0.3, 0.4) is 0 Å². The number of nitrogens with one attached hydrogen (secondary N) is 1. The number of carbonyl (C=O) groups excluding carboxylic acids is 2. The lowest BCUT2D eigenvalue weighted by molar-refractivity contribution is -0.143. The van der Waals surface area contributed by atoms with Gasteiger partial charge >= 0.3 is 18.4 Å². The highest BCUT2D eigenvalue weighted by molar-refractivity contribution is 8.00. The van der Waals surface area contributed by atoms with Crippen molar-refractivity contribution < 1.29 is 72.3 Å². The van der Waals surface area contributed by atoms with Crippen LogP contribution in [-0.2, 0) is 63.2 Å². The Bertz CT molecular complexity index is 2760. The SMILES string of the molecule is CCOC(=O)N(SC)c1nn(CC(F)(F)F)c2c(-c3ccc(CC)nc3[C@H](Cc3cc(F)cc(F)c3)NC(=O)Cn3nc(C(F)(F)F)c4c3C(F)(F)[C@@H]3C[C@H]43)ccc(Cl)c12.CS(=O)C(C)(C)C.O=CO. The number of amides is 2. The van der Waals surface area contributed by atoms with E-state index in [4.69, 9.17) is 26.2 Å². The first-order valence-electron chi connectivity index (χ1n) is 21.0. The molecule has 2 aliphatic carbocycles. The van der Waals surface area contributed by atoms with E-state index in [0.717, 1.165) is 28.4 Å². The fraction of sp³-hybridized carbons (Fsp3) is 0.455. The highest BCUT2D eigenvalue weighted by Crippen LogP contribution is 2.68. The number of alkyl halides is 8. The largest absolute Gasteiger partial charge is 0.483 e. The molecule has 2 aliphatic rings. The van der Waals surface area contributed by atoms with Crippen molar-refractivity contribution in [3.05, 3.63) is 93.0 Å². The van der Waals surface area contributed by atoms with Crippen LogP contribution >= 0.6 is 23.5 Å². The van der Waals surface area contributed by atoms with Crippen molar-refractivity contribution in [2.45, 2.75) is 102 Å². The molecule has 3 heterocycles. The molecule has 1 unspecified atom stereocenters. The average Bonchev–Trinajstić information content (AvgIpc) is 3.75. The smallest absolute Gasteiger partial charge is 0.435 e. The summed E-state index contributed by atoms with van der Waals surface area (Å²) in [6.07, 6.45) is -8.18. The monoisotopic (exact) mass is 1060 g/mol. The number of ether oxygens (including phenoxy) is 1. The van der Waals surface area contributed by atoms with Gasteiger partial charge in [-0.25, -0.2) is 13.6 Å². The predicted molar refractivity (Wildman–Crippen MR) is 242 cm³/mol. The van der Waals surface area contributed by atoms with Crippen LogP contribution in [0, 0.1) is 17.6 Å². The first-order chi connectivity index (χ1) is 32.5. The van der Waals surface area contributed by atoms with Crippen molar-refractivity contribution >= 4 is 69.5 Å². The minimum absolute atomic E-state index is 0.0179. The number of anilines is 1. The van der Waals surface area contributed by atoms with Crippen LogP contribution in [0.5, 0.6) is 0 Å². The Labute approximate surface area is 405 Å². The number of hydrogen-bond acceptors (Lipinski definition) is 9. The molecule has 5 aromatic rings.